The second-order valence-corrected chi connectivity index (χ2v) is 5.53. The van der Waals surface area contributed by atoms with E-state index in [1.54, 1.807) is 0 Å². The summed E-state index contributed by atoms with van der Waals surface area (Å²) < 4.78 is 0. The monoisotopic (exact) mass is 226 g/mol. The Labute approximate surface area is 99.2 Å². The summed E-state index contributed by atoms with van der Waals surface area (Å²) in [5.41, 5.74) is 5.74. The van der Waals surface area contributed by atoms with Gasteiger partial charge in [-0.15, -0.1) is 0 Å². The summed E-state index contributed by atoms with van der Waals surface area (Å²) in [5.74, 6) is 0.770. The van der Waals surface area contributed by atoms with E-state index in [4.69, 9.17) is 5.73 Å². The lowest BCUT2D eigenvalue weighted by Crippen LogP contribution is -2.54. The van der Waals surface area contributed by atoms with E-state index in [0.29, 0.717) is 18.9 Å². The van der Waals surface area contributed by atoms with Gasteiger partial charge in [0, 0.05) is 13.0 Å². The minimum absolute atomic E-state index is 0.0910. The first-order valence-electron chi connectivity index (χ1n) is 6.59. The van der Waals surface area contributed by atoms with E-state index in [0.717, 1.165) is 19.3 Å². The van der Waals surface area contributed by atoms with E-state index in [2.05, 4.69) is 19.2 Å². The number of nitrogens with one attached hydrogen (secondary N) is 1. The van der Waals surface area contributed by atoms with Crippen LogP contribution in [-0.4, -0.2) is 18.0 Å². The van der Waals surface area contributed by atoms with E-state index in [1.807, 2.05) is 0 Å². The Balaban J connectivity index is 2.39. The molecule has 0 heterocycles. The second-order valence-electron chi connectivity index (χ2n) is 5.53. The van der Waals surface area contributed by atoms with Crippen molar-refractivity contribution in [2.24, 2.45) is 11.7 Å². The van der Waals surface area contributed by atoms with Gasteiger partial charge >= 0.3 is 0 Å². The molecule has 0 unspecified atom stereocenters. The van der Waals surface area contributed by atoms with Crippen molar-refractivity contribution in [1.29, 1.82) is 0 Å². The van der Waals surface area contributed by atoms with Crippen LogP contribution in [0.25, 0.3) is 0 Å². The van der Waals surface area contributed by atoms with Gasteiger partial charge in [0.2, 0.25) is 5.91 Å². The number of carbonyl (C=O) groups is 1. The molecule has 0 aromatic heterocycles. The fourth-order valence-electron chi connectivity index (χ4n) is 2.39. The maximum atomic E-state index is 11.8. The van der Waals surface area contributed by atoms with E-state index in [1.165, 1.54) is 19.3 Å². The van der Waals surface area contributed by atoms with Gasteiger partial charge < -0.3 is 11.1 Å². The zero-order valence-electron chi connectivity index (χ0n) is 10.7. The number of rotatable bonds is 5. The predicted molar refractivity (Wildman–Crippen MR) is 67.1 cm³/mol. The van der Waals surface area contributed by atoms with Crippen LogP contribution >= 0.6 is 0 Å². The quantitative estimate of drug-likeness (QED) is 0.755. The summed E-state index contributed by atoms with van der Waals surface area (Å²) in [6, 6.07) is 0. The van der Waals surface area contributed by atoms with E-state index in [-0.39, 0.29) is 11.4 Å². The smallest absolute Gasteiger partial charge is 0.220 e. The van der Waals surface area contributed by atoms with Gasteiger partial charge in [-0.3, -0.25) is 4.79 Å². The minimum atomic E-state index is -0.0910. The second kappa shape index (κ2) is 6.24. The average molecular weight is 226 g/mol. The molecule has 3 nitrogen and oxygen atoms in total. The predicted octanol–water partition coefficient (Wildman–Crippen LogP) is 2.20. The van der Waals surface area contributed by atoms with Crippen LogP contribution in [0.3, 0.4) is 0 Å². The fraction of sp³-hybridized carbons (Fsp3) is 0.923. The number of hydrogen-bond donors (Lipinski definition) is 2. The van der Waals surface area contributed by atoms with Crippen molar-refractivity contribution in [2.75, 3.05) is 6.54 Å². The topological polar surface area (TPSA) is 55.1 Å². The summed E-state index contributed by atoms with van der Waals surface area (Å²) in [6.45, 7) is 4.87. The Kier molecular flexibility index (Phi) is 5.26. The number of nitrogens with two attached hydrogens (primary N) is 1. The van der Waals surface area contributed by atoms with Crippen molar-refractivity contribution < 1.29 is 4.79 Å². The Morgan fingerprint density at radius 1 is 1.31 bits per heavy atom. The first kappa shape index (κ1) is 13.5. The summed E-state index contributed by atoms with van der Waals surface area (Å²) in [4.78, 5) is 11.8. The van der Waals surface area contributed by atoms with E-state index < -0.39 is 0 Å². The van der Waals surface area contributed by atoms with Crippen LogP contribution < -0.4 is 11.1 Å². The molecule has 1 rings (SSSR count). The third kappa shape index (κ3) is 4.12. The normalized spacial score (nSPS) is 19.8. The summed E-state index contributed by atoms with van der Waals surface area (Å²) >= 11 is 0. The zero-order chi connectivity index (χ0) is 12.0. The van der Waals surface area contributed by atoms with Crippen molar-refractivity contribution >= 4 is 5.91 Å². The number of carbonyl (C=O) groups excluding carboxylic acids is 1. The molecule has 0 atom stereocenters. The molecule has 0 bridgehead atoms. The number of amides is 1. The number of hydrogen-bond acceptors (Lipinski definition) is 2. The molecule has 0 spiro atoms. The summed E-state index contributed by atoms with van der Waals surface area (Å²) in [6.07, 6.45) is 7.38. The lowest BCUT2D eigenvalue weighted by Gasteiger charge is -2.37. The van der Waals surface area contributed by atoms with E-state index in [9.17, 15) is 4.79 Å². The molecule has 0 radical (unpaired) electrons. The van der Waals surface area contributed by atoms with Gasteiger partial charge in [0.1, 0.15) is 0 Å². The third-order valence-electron chi connectivity index (χ3n) is 3.55. The van der Waals surface area contributed by atoms with Crippen LogP contribution in [0.5, 0.6) is 0 Å². The summed E-state index contributed by atoms with van der Waals surface area (Å²) in [7, 11) is 0. The molecule has 0 aromatic carbocycles. The summed E-state index contributed by atoms with van der Waals surface area (Å²) in [5, 5.41) is 3.17. The first-order valence-corrected chi connectivity index (χ1v) is 6.59. The molecular weight excluding hydrogens is 200 g/mol. The highest BCUT2D eigenvalue weighted by Gasteiger charge is 2.31. The minimum Gasteiger partial charge on any atom is -0.349 e. The van der Waals surface area contributed by atoms with Crippen LogP contribution in [0.2, 0.25) is 0 Å². The molecule has 1 fully saturated rings. The maximum absolute atomic E-state index is 11.8. The molecule has 1 amide bonds. The van der Waals surface area contributed by atoms with Crippen molar-refractivity contribution in [1.82, 2.24) is 5.32 Å². The first-order chi connectivity index (χ1) is 7.58. The lowest BCUT2D eigenvalue weighted by molar-refractivity contribution is -0.123. The highest BCUT2D eigenvalue weighted by molar-refractivity contribution is 5.76. The Morgan fingerprint density at radius 2 is 1.94 bits per heavy atom. The van der Waals surface area contributed by atoms with Gasteiger partial charge in [-0.1, -0.05) is 33.1 Å². The fourth-order valence-corrected chi connectivity index (χ4v) is 2.39. The van der Waals surface area contributed by atoms with Gasteiger partial charge in [0.05, 0.1) is 5.54 Å². The van der Waals surface area contributed by atoms with Gasteiger partial charge in [-0.05, 0) is 25.2 Å². The standard InChI is InChI=1S/C13H26N2O/c1-11(2)6-7-12(16)15-13(10-14)8-4-3-5-9-13/h11H,3-10,14H2,1-2H3,(H,15,16). The molecule has 0 aromatic rings. The van der Waals surface area contributed by atoms with Crippen molar-refractivity contribution in [2.45, 2.75) is 64.3 Å². The molecule has 1 aliphatic rings. The average Bonchev–Trinajstić information content (AvgIpc) is 2.28. The van der Waals surface area contributed by atoms with Gasteiger partial charge in [-0.25, -0.2) is 0 Å². The van der Waals surface area contributed by atoms with Crippen LogP contribution in [0.4, 0.5) is 0 Å². The highest BCUT2D eigenvalue weighted by Crippen LogP contribution is 2.27. The van der Waals surface area contributed by atoms with Gasteiger partial charge in [0.25, 0.3) is 0 Å². The maximum Gasteiger partial charge on any atom is 0.220 e. The molecule has 3 heteroatoms. The Bertz CT molecular complexity index is 220. The molecule has 3 N–H and O–H groups in total. The third-order valence-corrected chi connectivity index (χ3v) is 3.55. The lowest BCUT2D eigenvalue weighted by atomic mass is 9.81. The molecule has 1 saturated carbocycles. The van der Waals surface area contributed by atoms with Crippen molar-refractivity contribution in [3.8, 4) is 0 Å². The SMILES string of the molecule is CC(C)CCC(=O)NC1(CN)CCCCC1. The van der Waals surface area contributed by atoms with Gasteiger partial charge in [0.15, 0.2) is 0 Å². The Hall–Kier alpha value is -0.570. The van der Waals surface area contributed by atoms with Crippen LogP contribution in [0.15, 0.2) is 0 Å². The zero-order valence-corrected chi connectivity index (χ0v) is 10.7. The van der Waals surface area contributed by atoms with Crippen LogP contribution in [0, 0.1) is 5.92 Å². The van der Waals surface area contributed by atoms with Crippen molar-refractivity contribution in [3.63, 3.8) is 0 Å². The van der Waals surface area contributed by atoms with Crippen molar-refractivity contribution in [3.05, 3.63) is 0 Å². The van der Waals surface area contributed by atoms with Crippen LogP contribution in [0.1, 0.15) is 58.8 Å². The highest BCUT2D eigenvalue weighted by atomic mass is 16.1. The molecule has 1 aliphatic carbocycles. The van der Waals surface area contributed by atoms with E-state index >= 15 is 0 Å². The molecule has 0 saturated heterocycles. The largest absolute Gasteiger partial charge is 0.349 e. The Morgan fingerprint density at radius 3 is 2.44 bits per heavy atom. The molecular formula is C13H26N2O. The molecule has 94 valence electrons. The van der Waals surface area contributed by atoms with Crippen LogP contribution in [-0.2, 0) is 4.79 Å². The van der Waals surface area contributed by atoms with Gasteiger partial charge in [-0.2, -0.15) is 0 Å². The molecule has 0 aliphatic heterocycles. The molecule has 16 heavy (non-hydrogen) atoms.